The summed E-state index contributed by atoms with van der Waals surface area (Å²) in [5.74, 6) is 0.485. The van der Waals surface area contributed by atoms with E-state index in [9.17, 15) is 4.79 Å². The zero-order valence-corrected chi connectivity index (χ0v) is 13.7. The summed E-state index contributed by atoms with van der Waals surface area (Å²) < 4.78 is 7.90. The molecule has 0 unspecified atom stereocenters. The number of nitrogens with zero attached hydrogens (tertiary/aromatic N) is 2. The van der Waals surface area contributed by atoms with Gasteiger partial charge < -0.3 is 9.30 Å². The third-order valence-corrected chi connectivity index (χ3v) is 4.24. The smallest absolute Gasteiger partial charge is 0.280 e. The second-order valence-corrected chi connectivity index (χ2v) is 5.83. The lowest BCUT2D eigenvalue weighted by Gasteiger charge is -2.16. The Bertz CT molecular complexity index is 761. The molecule has 120 valence electrons. The first-order valence-electron chi connectivity index (χ1n) is 7.81. The molecule has 23 heavy (non-hydrogen) atoms. The van der Waals surface area contributed by atoms with Crippen LogP contribution in [-0.4, -0.2) is 22.3 Å². The lowest BCUT2D eigenvalue weighted by molar-refractivity contribution is -0.127. The molecule has 2 heterocycles. The maximum Gasteiger partial charge on any atom is 0.280 e. The Morgan fingerprint density at radius 2 is 2.13 bits per heavy atom. The summed E-state index contributed by atoms with van der Waals surface area (Å²) in [6.45, 7) is 6.65. The van der Waals surface area contributed by atoms with Gasteiger partial charge in [-0.3, -0.25) is 4.79 Å². The van der Waals surface area contributed by atoms with Gasteiger partial charge in [-0.25, -0.2) is 5.43 Å². The van der Waals surface area contributed by atoms with Gasteiger partial charge in [-0.1, -0.05) is 12.1 Å². The van der Waals surface area contributed by atoms with Gasteiger partial charge in [0.15, 0.2) is 6.10 Å². The Hall–Kier alpha value is -2.56. The molecule has 1 N–H and O–H groups in total. The van der Waals surface area contributed by atoms with Gasteiger partial charge in [-0.2, -0.15) is 5.10 Å². The molecular weight excluding hydrogens is 290 g/mol. The van der Waals surface area contributed by atoms with Crippen LogP contribution in [0, 0.1) is 13.8 Å². The molecular formula is C18H21N3O2. The van der Waals surface area contributed by atoms with E-state index in [1.807, 2.05) is 50.4 Å². The fourth-order valence-electron chi connectivity index (χ4n) is 2.65. The summed E-state index contributed by atoms with van der Waals surface area (Å²) in [5.41, 5.74) is 6.78. The van der Waals surface area contributed by atoms with Gasteiger partial charge in [0.1, 0.15) is 5.75 Å². The predicted octanol–water partition coefficient (Wildman–Crippen LogP) is 2.80. The second kappa shape index (κ2) is 6.28. The SMILES string of the molecule is Cc1cccc(O[C@@H](C)C(=O)NN=C2CCn3cccc32)c1C. The van der Waals surface area contributed by atoms with Gasteiger partial charge >= 0.3 is 0 Å². The van der Waals surface area contributed by atoms with Crippen LogP contribution in [-0.2, 0) is 11.3 Å². The minimum absolute atomic E-state index is 0.247. The van der Waals surface area contributed by atoms with Gasteiger partial charge in [0.25, 0.3) is 5.91 Å². The topological polar surface area (TPSA) is 55.6 Å². The highest BCUT2D eigenvalue weighted by Gasteiger charge is 2.19. The van der Waals surface area contributed by atoms with Crippen LogP contribution < -0.4 is 10.2 Å². The van der Waals surface area contributed by atoms with Gasteiger partial charge in [-0.05, 0) is 50.1 Å². The number of hydrogen-bond acceptors (Lipinski definition) is 3. The van der Waals surface area contributed by atoms with Crippen molar-refractivity contribution in [2.75, 3.05) is 0 Å². The van der Waals surface area contributed by atoms with Crippen LogP contribution in [0.3, 0.4) is 0 Å². The first-order chi connectivity index (χ1) is 11.1. The number of amides is 1. The number of benzene rings is 1. The molecule has 1 aliphatic rings. The lowest BCUT2D eigenvalue weighted by atomic mass is 10.1. The van der Waals surface area contributed by atoms with Crippen LogP contribution in [0.15, 0.2) is 41.6 Å². The fraction of sp³-hybridized carbons (Fsp3) is 0.333. The van der Waals surface area contributed by atoms with Crippen molar-refractivity contribution in [2.45, 2.75) is 39.8 Å². The summed E-state index contributed by atoms with van der Waals surface area (Å²) in [4.78, 5) is 12.2. The number of carbonyl (C=O) groups excluding carboxylic acids is 1. The van der Waals surface area contributed by atoms with Crippen LogP contribution >= 0.6 is 0 Å². The quantitative estimate of drug-likeness (QED) is 0.883. The Morgan fingerprint density at radius 3 is 2.96 bits per heavy atom. The molecule has 3 rings (SSSR count). The number of hydrogen-bond donors (Lipinski definition) is 1. The Kier molecular flexibility index (Phi) is 4.19. The highest BCUT2D eigenvalue weighted by atomic mass is 16.5. The molecule has 5 nitrogen and oxygen atoms in total. The molecule has 0 saturated heterocycles. The van der Waals surface area contributed by atoms with E-state index in [0.29, 0.717) is 0 Å². The van der Waals surface area contributed by atoms with Crippen molar-refractivity contribution in [3.8, 4) is 5.75 Å². The molecule has 0 saturated carbocycles. The third kappa shape index (κ3) is 3.13. The van der Waals surface area contributed by atoms with Crippen molar-refractivity contribution in [2.24, 2.45) is 5.10 Å². The first kappa shape index (κ1) is 15.3. The van der Waals surface area contributed by atoms with E-state index in [1.165, 1.54) is 0 Å². The molecule has 1 aliphatic heterocycles. The highest BCUT2D eigenvalue weighted by molar-refractivity contribution is 6.01. The van der Waals surface area contributed by atoms with Gasteiger partial charge in [-0.15, -0.1) is 0 Å². The maximum atomic E-state index is 12.2. The molecule has 0 spiro atoms. The lowest BCUT2D eigenvalue weighted by Crippen LogP contribution is -2.34. The average molecular weight is 311 g/mol. The standard InChI is InChI=1S/C18H21N3O2/c1-12-6-4-8-17(13(12)2)23-14(3)18(22)20-19-15-9-11-21-10-5-7-16(15)21/h4-8,10,14H,9,11H2,1-3H3,(H,20,22)/t14-/m0/s1. The summed E-state index contributed by atoms with van der Waals surface area (Å²) in [5, 5.41) is 4.26. The van der Waals surface area contributed by atoms with Crippen molar-refractivity contribution in [3.63, 3.8) is 0 Å². The number of nitrogens with one attached hydrogen (secondary N) is 1. The number of hydrazone groups is 1. The number of fused-ring (bicyclic) bond motifs is 1. The van der Waals surface area contributed by atoms with E-state index in [0.717, 1.165) is 41.2 Å². The molecule has 1 aromatic heterocycles. The molecule has 5 heteroatoms. The van der Waals surface area contributed by atoms with Crippen molar-refractivity contribution in [1.82, 2.24) is 9.99 Å². The monoisotopic (exact) mass is 311 g/mol. The second-order valence-electron chi connectivity index (χ2n) is 5.83. The minimum atomic E-state index is -0.604. The summed E-state index contributed by atoms with van der Waals surface area (Å²) in [6.07, 6.45) is 2.25. The average Bonchev–Trinajstić information content (AvgIpc) is 3.13. The fourth-order valence-corrected chi connectivity index (χ4v) is 2.65. The largest absolute Gasteiger partial charge is 0.481 e. The Labute approximate surface area is 136 Å². The van der Waals surface area contributed by atoms with Gasteiger partial charge in [0.05, 0.1) is 11.4 Å². The summed E-state index contributed by atoms with van der Waals surface area (Å²) >= 11 is 0. The van der Waals surface area contributed by atoms with E-state index < -0.39 is 6.10 Å². The van der Waals surface area contributed by atoms with Gasteiger partial charge in [0, 0.05) is 19.2 Å². The highest BCUT2D eigenvalue weighted by Crippen LogP contribution is 2.21. The predicted molar refractivity (Wildman–Crippen MR) is 89.7 cm³/mol. The molecule has 1 amide bonds. The molecule has 1 aromatic carbocycles. The molecule has 0 bridgehead atoms. The number of carbonyl (C=O) groups is 1. The number of aromatic nitrogens is 1. The Morgan fingerprint density at radius 1 is 1.30 bits per heavy atom. The molecule has 0 radical (unpaired) electrons. The first-order valence-corrected chi connectivity index (χ1v) is 7.81. The van der Waals surface area contributed by atoms with Gasteiger partial charge in [0.2, 0.25) is 0 Å². The number of rotatable bonds is 4. The van der Waals surface area contributed by atoms with Crippen molar-refractivity contribution in [3.05, 3.63) is 53.3 Å². The number of aryl methyl sites for hydroxylation is 2. The summed E-state index contributed by atoms with van der Waals surface area (Å²) in [7, 11) is 0. The van der Waals surface area contributed by atoms with Crippen LogP contribution in [0.1, 0.15) is 30.2 Å². The Balaban J connectivity index is 1.64. The summed E-state index contributed by atoms with van der Waals surface area (Å²) in [6, 6.07) is 9.82. The number of ether oxygens (including phenoxy) is 1. The third-order valence-electron chi connectivity index (χ3n) is 4.24. The van der Waals surface area contributed by atoms with E-state index in [2.05, 4.69) is 15.1 Å². The van der Waals surface area contributed by atoms with Crippen LogP contribution in [0.5, 0.6) is 5.75 Å². The normalized spacial score (nSPS) is 16.2. The van der Waals surface area contributed by atoms with Crippen LogP contribution in [0.4, 0.5) is 0 Å². The molecule has 2 aromatic rings. The molecule has 0 fully saturated rings. The molecule has 1 atom stereocenters. The van der Waals surface area contributed by atoms with Crippen molar-refractivity contribution < 1.29 is 9.53 Å². The van der Waals surface area contributed by atoms with Crippen LogP contribution in [0.25, 0.3) is 0 Å². The molecule has 0 aliphatic carbocycles. The van der Waals surface area contributed by atoms with Crippen LogP contribution in [0.2, 0.25) is 0 Å². The van der Waals surface area contributed by atoms with Crippen molar-refractivity contribution >= 4 is 11.6 Å². The maximum absolute atomic E-state index is 12.2. The van der Waals surface area contributed by atoms with E-state index >= 15 is 0 Å². The van der Waals surface area contributed by atoms with E-state index in [-0.39, 0.29) is 5.91 Å². The minimum Gasteiger partial charge on any atom is -0.481 e. The van der Waals surface area contributed by atoms with E-state index in [1.54, 1.807) is 6.92 Å². The zero-order chi connectivity index (χ0) is 16.4. The van der Waals surface area contributed by atoms with E-state index in [4.69, 9.17) is 4.74 Å². The van der Waals surface area contributed by atoms with Crippen molar-refractivity contribution in [1.29, 1.82) is 0 Å². The zero-order valence-electron chi connectivity index (χ0n) is 13.7.